The van der Waals surface area contributed by atoms with E-state index in [1.807, 2.05) is 17.1 Å². The molecule has 0 radical (unpaired) electrons. The van der Waals surface area contributed by atoms with Gasteiger partial charge >= 0.3 is 0 Å². The van der Waals surface area contributed by atoms with Crippen molar-refractivity contribution in [2.45, 2.75) is 25.9 Å². The minimum Gasteiger partial charge on any atom is -0.381 e. The molecule has 2 rings (SSSR count). The molecule has 1 saturated heterocycles. The Hall–Kier alpha value is -0.580. The lowest BCUT2D eigenvalue weighted by molar-refractivity contribution is 0.0601. The first-order valence-corrected chi connectivity index (χ1v) is 5.17. The van der Waals surface area contributed by atoms with Crippen LogP contribution in [0, 0.1) is 5.92 Å². The summed E-state index contributed by atoms with van der Waals surface area (Å²) in [7, 11) is 0. The maximum Gasteiger partial charge on any atom is 0.0534 e. The molecule has 0 spiro atoms. The molecule has 0 atom stereocenters. The highest BCUT2D eigenvalue weighted by molar-refractivity contribution is 5.85. The topological polar surface area (TPSA) is 53.1 Å². The zero-order valence-electron chi connectivity index (χ0n) is 8.76. The van der Waals surface area contributed by atoms with E-state index in [4.69, 9.17) is 10.5 Å². The summed E-state index contributed by atoms with van der Waals surface area (Å²) in [5.41, 5.74) is 6.63. The van der Waals surface area contributed by atoms with Gasteiger partial charge in [-0.1, -0.05) is 0 Å². The zero-order valence-corrected chi connectivity index (χ0v) is 9.58. The molecule has 0 aliphatic carbocycles. The van der Waals surface area contributed by atoms with Crippen LogP contribution in [0.15, 0.2) is 12.4 Å². The SMILES string of the molecule is Cl.NCc1cnn(CC2CCOCC2)c1. The van der Waals surface area contributed by atoms with Crippen LogP contribution < -0.4 is 5.73 Å². The van der Waals surface area contributed by atoms with Crippen molar-refractivity contribution in [2.75, 3.05) is 13.2 Å². The fraction of sp³-hybridized carbons (Fsp3) is 0.700. The Kier molecular flexibility index (Phi) is 5.08. The van der Waals surface area contributed by atoms with Gasteiger partial charge in [0.1, 0.15) is 0 Å². The summed E-state index contributed by atoms with van der Waals surface area (Å²) >= 11 is 0. The molecule has 0 saturated carbocycles. The highest BCUT2D eigenvalue weighted by Crippen LogP contribution is 2.16. The Morgan fingerprint density at radius 1 is 1.47 bits per heavy atom. The number of nitrogens with zero attached hydrogens (tertiary/aromatic N) is 2. The summed E-state index contributed by atoms with van der Waals surface area (Å²) < 4.78 is 7.31. The summed E-state index contributed by atoms with van der Waals surface area (Å²) in [6.45, 7) is 3.38. The van der Waals surface area contributed by atoms with Gasteiger partial charge in [0.15, 0.2) is 0 Å². The van der Waals surface area contributed by atoms with Crippen LogP contribution in [-0.2, 0) is 17.8 Å². The van der Waals surface area contributed by atoms with E-state index < -0.39 is 0 Å². The predicted molar refractivity (Wildman–Crippen MR) is 60.9 cm³/mol. The van der Waals surface area contributed by atoms with Crippen LogP contribution in [0.4, 0.5) is 0 Å². The first kappa shape index (κ1) is 12.5. The minimum atomic E-state index is 0. The van der Waals surface area contributed by atoms with Gasteiger partial charge in [0, 0.05) is 38.1 Å². The van der Waals surface area contributed by atoms with E-state index in [0.717, 1.165) is 38.2 Å². The van der Waals surface area contributed by atoms with E-state index in [9.17, 15) is 0 Å². The van der Waals surface area contributed by atoms with E-state index in [1.54, 1.807) is 0 Å². The van der Waals surface area contributed by atoms with Gasteiger partial charge in [-0.05, 0) is 18.8 Å². The first-order valence-electron chi connectivity index (χ1n) is 5.17. The number of hydrogen-bond donors (Lipinski definition) is 1. The second-order valence-electron chi connectivity index (χ2n) is 3.83. The van der Waals surface area contributed by atoms with Gasteiger partial charge in [0.05, 0.1) is 6.20 Å². The number of aromatic nitrogens is 2. The maximum atomic E-state index is 5.52. The molecule has 0 unspecified atom stereocenters. The summed E-state index contributed by atoms with van der Waals surface area (Å²) in [6.07, 6.45) is 6.18. The smallest absolute Gasteiger partial charge is 0.0534 e. The lowest BCUT2D eigenvalue weighted by Crippen LogP contribution is -2.20. The second-order valence-corrected chi connectivity index (χ2v) is 3.83. The van der Waals surface area contributed by atoms with Crippen molar-refractivity contribution in [1.82, 2.24) is 9.78 Å². The molecular formula is C10H18ClN3O. The molecule has 4 nitrogen and oxygen atoms in total. The van der Waals surface area contributed by atoms with Crippen LogP contribution in [0.1, 0.15) is 18.4 Å². The third-order valence-electron chi connectivity index (χ3n) is 2.71. The number of ether oxygens (including phenoxy) is 1. The van der Waals surface area contributed by atoms with Crippen LogP contribution in [0.5, 0.6) is 0 Å². The number of halogens is 1. The summed E-state index contributed by atoms with van der Waals surface area (Å²) in [6, 6.07) is 0. The van der Waals surface area contributed by atoms with Crippen LogP contribution in [0.3, 0.4) is 0 Å². The molecule has 1 aliphatic heterocycles. The van der Waals surface area contributed by atoms with Crippen LogP contribution >= 0.6 is 12.4 Å². The lowest BCUT2D eigenvalue weighted by Gasteiger charge is -2.21. The van der Waals surface area contributed by atoms with Crippen molar-refractivity contribution in [3.63, 3.8) is 0 Å². The van der Waals surface area contributed by atoms with Gasteiger partial charge in [0.25, 0.3) is 0 Å². The molecule has 0 bridgehead atoms. The van der Waals surface area contributed by atoms with E-state index >= 15 is 0 Å². The van der Waals surface area contributed by atoms with Crippen molar-refractivity contribution in [1.29, 1.82) is 0 Å². The van der Waals surface area contributed by atoms with E-state index in [0.29, 0.717) is 12.5 Å². The largest absolute Gasteiger partial charge is 0.381 e. The number of nitrogens with two attached hydrogens (primary N) is 1. The highest BCUT2D eigenvalue weighted by atomic mass is 35.5. The standard InChI is InChI=1S/C10H17N3O.ClH/c11-5-10-6-12-13(8-10)7-9-1-3-14-4-2-9;/h6,8-9H,1-5,7,11H2;1H. The summed E-state index contributed by atoms with van der Waals surface area (Å²) in [5, 5.41) is 4.28. The van der Waals surface area contributed by atoms with E-state index in [1.165, 1.54) is 0 Å². The average Bonchev–Trinajstić information content (AvgIpc) is 2.67. The third-order valence-corrected chi connectivity index (χ3v) is 2.71. The minimum absolute atomic E-state index is 0. The van der Waals surface area contributed by atoms with Gasteiger partial charge in [-0.25, -0.2) is 0 Å². The fourth-order valence-electron chi connectivity index (χ4n) is 1.81. The van der Waals surface area contributed by atoms with Crippen LogP contribution in [0.2, 0.25) is 0 Å². The third kappa shape index (κ3) is 3.48. The average molecular weight is 232 g/mol. The molecule has 5 heteroatoms. The predicted octanol–water partition coefficient (Wildman–Crippen LogP) is 1.19. The molecule has 0 amide bonds. The molecule has 1 aromatic rings. The van der Waals surface area contributed by atoms with Crippen molar-refractivity contribution in [3.05, 3.63) is 18.0 Å². The molecular weight excluding hydrogens is 214 g/mol. The van der Waals surface area contributed by atoms with Crippen LogP contribution in [0.25, 0.3) is 0 Å². The normalized spacial score (nSPS) is 17.4. The summed E-state index contributed by atoms with van der Waals surface area (Å²) in [4.78, 5) is 0. The maximum absolute atomic E-state index is 5.52. The van der Waals surface area contributed by atoms with Gasteiger partial charge in [-0.15, -0.1) is 12.4 Å². The van der Waals surface area contributed by atoms with E-state index in [-0.39, 0.29) is 12.4 Å². The zero-order chi connectivity index (χ0) is 9.80. The Labute approximate surface area is 96.2 Å². The Morgan fingerprint density at radius 3 is 2.80 bits per heavy atom. The quantitative estimate of drug-likeness (QED) is 0.850. The van der Waals surface area contributed by atoms with Crippen LogP contribution in [-0.4, -0.2) is 23.0 Å². The second kappa shape index (κ2) is 6.10. The molecule has 15 heavy (non-hydrogen) atoms. The lowest BCUT2D eigenvalue weighted by atomic mass is 10.0. The monoisotopic (exact) mass is 231 g/mol. The van der Waals surface area contributed by atoms with Gasteiger partial charge < -0.3 is 10.5 Å². The van der Waals surface area contributed by atoms with Crippen molar-refractivity contribution in [3.8, 4) is 0 Å². The summed E-state index contributed by atoms with van der Waals surface area (Å²) in [5.74, 6) is 0.717. The van der Waals surface area contributed by atoms with Crippen molar-refractivity contribution < 1.29 is 4.74 Å². The number of rotatable bonds is 3. The molecule has 1 fully saturated rings. The molecule has 1 aromatic heterocycles. The molecule has 0 aromatic carbocycles. The molecule has 2 N–H and O–H groups in total. The van der Waals surface area contributed by atoms with Crippen molar-refractivity contribution in [2.24, 2.45) is 11.7 Å². The Morgan fingerprint density at radius 2 is 2.20 bits per heavy atom. The highest BCUT2D eigenvalue weighted by Gasteiger charge is 2.14. The Bertz CT molecular complexity index is 284. The molecule has 2 heterocycles. The molecule has 86 valence electrons. The number of hydrogen-bond acceptors (Lipinski definition) is 3. The van der Waals surface area contributed by atoms with Gasteiger partial charge in [-0.3, -0.25) is 4.68 Å². The fourth-order valence-corrected chi connectivity index (χ4v) is 1.81. The Balaban J connectivity index is 0.00000112. The molecule has 1 aliphatic rings. The van der Waals surface area contributed by atoms with Gasteiger partial charge in [0.2, 0.25) is 0 Å². The first-order chi connectivity index (χ1) is 6.88. The van der Waals surface area contributed by atoms with Gasteiger partial charge in [-0.2, -0.15) is 5.10 Å². The van der Waals surface area contributed by atoms with E-state index in [2.05, 4.69) is 5.10 Å². The van der Waals surface area contributed by atoms with Crippen molar-refractivity contribution >= 4 is 12.4 Å².